The van der Waals surface area contributed by atoms with Crippen LogP contribution in [0.5, 0.6) is 0 Å². The molecular formula is C39H24N2O2. The van der Waals surface area contributed by atoms with Crippen LogP contribution >= 0.6 is 0 Å². The summed E-state index contributed by atoms with van der Waals surface area (Å²) in [5, 5.41) is 0. The summed E-state index contributed by atoms with van der Waals surface area (Å²) in [5.41, 5.74) is 10.6. The molecule has 4 heteroatoms. The van der Waals surface area contributed by atoms with Gasteiger partial charge in [-0.15, -0.1) is 0 Å². The van der Waals surface area contributed by atoms with E-state index in [0.29, 0.717) is 11.4 Å². The number of fused-ring (bicyclic) bond motifs is 3. The predicted octanol–water partition coefficient (Wildman–Crippen LogP) is 9.32. The Kier molecular flexibility index (Phi) is 6.54. The van der Waals surface area contributed by atoms with Crippen LogP contribution in [-0.2, 0) is 15.0 Å². The van der Waals surface area contributed by atoms with Crippen molar-refractivity contribution in [3.8, 4) is 33.4 Å². The van der Waals surface area contributed by atoms with Crippen LogP contribution in [0.25, 0.3) is 33.4 Å². The molecule has 0 amide bonds. The van der Waals surface area contributed by atoms with Gasteiger partial charge in [0.1, 0.15) is 0 Å². The van der Waals surface area contributed by atoms with Gasteiger partial charge < -0.3 is 0 Å². The summed E-state index contributed by atoms with van der Waals surface area (Å²) >= 11 is 0. The van der Waals surface area contributed by atoms with Gasteiger partial charge in [-0.25, -0.2) is 9.59 Å². The fourth-order valence-electron chi connectivity index (χ4n) is 6.55. The summed E-state index contributed by atoms with van der Waals surface area (Å²) < 4.78 is 0. The molecule has 43 heavy (non-hydrogen) atoms. The largest absolute Gasteiger partial charge is 0.240 e. The lowest BCUT2D eigenvalue weighted by molar-refractivity contribution is 0.564. The SMILES string of the molecule is O=C=Nc1ccc(C2(c3ccc(N=C=O)c(-c4ccccc4)c3)c3ccccc3-c3ccccc32)cc1-c1ccccc1. The normalized spacial score (nSPS) is 12.4. The molecule has 6 aromatic rings. The predicted molar refractivity (Wildman–Crippen MR) is 170 cm³/mol. The van der Waals surface area contributed by atoms with Crippen LogP contribution in [0.3, 0.4) is 0 Å². The highest BCUT2D eigenvalue weighted by molar-refractivity contribution is 5.89. The van der Waals surface area contributed by atoms with Crippen molar-refractivity contribution in [1.29, 1.82) is 0 Å². The average molecular weight is 553 g/mol. The van der Waals surface area contributed by atoms with Crippen molar-refractivity contribution in [3.63, 3.8) is 0 Å². The average Bonchev–Trinajstić information content (AvgIpc) is 3.37. The van der Waals surface area contributed by atoms with E-state index in [4.69, 9.17) is 0 Å². The maximum absolute atomic E-state index is 11.4. The minimum absolute atomic E-state index is 0.556. The topological polar surface area (TPSA) is 58.9 Å². The van der Waals surface area contributed by atoms with E-state index in [0.717, 1.165) is 55.6 Å². The van der Waals surface area contributed by atoms with E-state index in [2.05, 4.69) is 82.8 Å². The third kappa shape index (κ3) is 4.18. The van der Waals surface area contributed by atoms with Gasteiger partial charge in [0.05, 0.1) is 16.8 Å². The Balaban J connectivity index is 1.61. The molecule has 0 aliphatic heterocycles. The smallest absolute Gasteiger partial charge is 0.211 e. The van der Waals surface area contributed by atoms with Crippen molar-refractivity contribution in [3.05, 3.63) is 168 Å². The van der Waals surface area contributed by atoms with Crippen LogP contribution < -0.4 is 0 Å². The molecular weight excluding hydrogens is 528 g/mol. The Bertz CT molecular complexity index is 1940. The van der Waals surface area contributed by atoms with Gasteiger partial charge in [-0.2, -0.15) is 9.98 Å². The quantitative estimate of drug-likeness (QED) is 0.152. The maximum Gasteiger partial charge on any atom is 0.240 e. The Morgan fingerprint density at radius 3 is 1.23 bits per heavy atom. The molecule has 6 aromatic carbocycles. The fraction of sp³-hybridized carbons (Fsp3) is 0.0256. The number of hydrogen-bond acceptors (Lipinski definition) is 4. The first kappa shape index (κ1) is 26.0. The van der Waals surface area contributed by atoms with Crippen LogP contribution in [0.2, 0.25) is 0 Å². The molecule has 0 saturated carbocycles. The number of carbonyl (C=O) groups excluding carboxylic acids is 2. The highest BCUT2D eigenvalue weighted by Crippen LogP contribution is 2.57. The fourth-order valence-corrected chi connectivity index (χ4v) is 6.55. The summed E-state index contributed by atoms with van der Waals surface area (Å²) in [6, 6.07) is 49.1. The zero-order chi connectivity index (χ0) is 29.2. The molecule has 1 aliphatic carbocycles. The number of aliphatic imine (C=N–C) groups is 2. The van der Waals surface area contributed by atoms with Gasteiger partial charge in [-0.1, -0.05) is 121 Å². The summed E-state index contributed by atoms with van der Waals surface area (Å²) in [6.07, 6.45) is 3.47. The van der Waals surface area contributed by atoms with Crippen LogP contribution in [0.1, 0.15) is 22.3 Å². The highest BCUT2D eigenvalue weighted by Gasteiger charge is 2.46. The van der Waals surface area contributed by atoms with Crippen LogP contribution in [-0.4, -0.2) is 12.2 Å². The van der Waals surface area contributed by atoms with Crippen molar-refractivity contribution in [2.75, 3.05) is 0 Å². The standard InChI is InChI=1S/C39H24N2O2/c42-25-40-37-21-19-29(23-33(37)27-11-3-1-4-12-27)39(35-17-9-7-15-31(35)32-16-8-10-18-36(32)39)30-20-22-38(41-26-43)34(24-30)28-13-5-2-6-14-28/h1-24H. The van der Waals surface area contributed by atoms with Gasteiger partial charge in [0, 0.05) is 11.1 Å². The molecule has 7 rings (SSSR count). The summed E-state index contributed by atoms with van der Waals surface area (Å²) in [4.78, 5) is 31.0. The molecule has 0 aromatic heterocycles. The van der Waals surface area contributed by atoms with Gasteiger partial charge in [0.15, 0.2) is 0 Å². The third-order valence-electron chi connectivity index (χ3n) is 8.31. The van der Waals surface area contributed by atoms with Crippen molar-refractivity contribution in [2.24, 2.45) is 9.98 Å². The van der Waals surface area contributed by atoms with E-state index < -0.39 is 5.41 Å². The van der Waals surface area contributed by atoms with E-state index in [1.165, 1.54) is 0 Å². The summed E-state index contributed by atoms with van der Waals surface area (Å²) in [6.45, 7) is 0. The molecule has 1 aliphatic rings. The van der Waals surface area contributed by atoms with E-state index in [-0.39, 0.29) is 0 Å². The molecule has 0 radical (unpaired) electrons. The molecule has 0 spiro atoms. The van der Waals surface area contributed by atoms with Gasteiger partial charge in [-0.05, 0) is 68.8 Å². The van der Waals surface area contributed by atoms with Gasteiger partial charge in [-0.3, -0.25) is 0 Å². The second kappa shape index (κ2) is 10.8. The monoisotopic (exact) mass is 552 g/mol. The molecule has 0 saturated heterocycles. The number of isocyanates is 2. The minimum atomic E-state index is -0.715. The summed E-state index contributed by atoms with van der Waals surface area (Å²) in [5.74, 6) is 0. The lowest BCUT2D eigenvalue weighted by atomic mass is 9.67. The maximum atomic E-state index is 11.4. The summed E-state index contributed by atoms with van der Waals surface area (Å²) in [7, 11) is 0. The van der Waals surface area contributed by atoms with Crippen molar-refractivity contribution in [1.82, 2.24) is 0 Å². The Morgan fingerprint density at radius 2 is 0.814 bits per heavy atom. The molecule has 0 N–H and O–H groups in total. The minimum Gasteiger partial charge on any atom is -0.211 e. The van der Waals surface area contributed by atoms with Crippen LogP contribution in [0, 0.1) is 0 Å². The third-order valence-corrected chi connectivity index (χ3v) is 8.31. The molecule has 0 atom stereocenters. The molecule has 202 valence electrons. The Labute approximate surface area is 249 Å². The molecule has 0 heterocycles. The van der Waals surface area contributed by atoms with Crippen molar-refractivity contribution < 1.29 is 9.59 Å². The Hall–Kier alpha value is -5.92. The van der Waals surface area contributed by atoms with Crippen molar-refractivity contribution >= 4 is 23.5 Å². The first-order valence-corrected chi connectivity index (χ1v) is 14.0. The molecule has 0 unspecified atom stereocenters. The number of nitrogens with zero attached hydrogens (tertiary/aromatic N) is 2. The molecule has 0 fully saturated rings. The lowest BCUT2D eigenvalue weighted by Gasteiger charge is -2.35. The van der Waals surface area contributed by atoms with Crippen LogP contribution in [0.15, 0.2) is 156 Å². The van der Waals surface area contributed by atoms with E-state index >= 15 is 0 Å². The van der Waals surface area contributed by atoms with Crippen molar-refractivity contribution in [2.45, 2.75) is 5.41 Å². The first-order valence-electron chi connectivity index (χ1n) is 14.0. The lowest BCUT2D eigenvalue weighted by Crippen LogP contribution is -2.28. The Morgan fingerprint density at radius 1 is 0.419 bits per heavy atom. The van der Waals surface area contributed by atoms with Crippen LogP contribution in [0.4, 0.5) is 11.4 Å². The van der Waals surface area contributed by atoms with E-state index in [1.807, 2.05) is 72.8 Å². The second-order valence-electron chi connectivity index (χ2n) is 10.4. The highest BCUT2D eigenvalue weighted by atomic mass is 16.1. The second-order valence-corrected chi connectivity index (χ2v) is 10.4. The van der Waals surface area contributed by atoms with Gasteiger partial charge in [0.2, 0.25) is 12.2 Å². The van der Waals surface area contributed by atoms with Gasteiger partial charge in [0.25, 0.3) is 0 Å². The molecule has 4 nitrogen and oxygen atoms in total. The van der Waals surface area contributed by atoms with E-state index in [9.17, 15) is 9.59 Å². The van der Waals surface area contributed by atoms with E-state index in [1.54, 1.807) is 12.2 Å². The zero-order valence-electron chi connectivity index (χ0n) is 23.1. The molecule has 0 bridgehead atoms. The zero-order valence-corrected chi connectivity index (χ0v) is 23.1. The number of hydrogen-bond donors (Lipinski definition) is 0. The van der Waals surface area contributed by atoms with Gasteiger partial charge >= 0.3 is 0 Å². The number of rotatable bonds is 6. The number of benzene rings is 6. The first-order chi connectivity index (χ1) is 21.3.